The Hall–Kier alpha value is -3.20. The number of piperidine rings is 1. The van der Waals surface area contributed by atoms with E-state index in [4.69, 9.17) is 14.2 Å². The number of fused-ring (bicyclic) bond motifs is 3. The zero-order chi connectivity index (χ0) is 27.0. The number of nitrogens with zero attached hydrogens (tertiary/aromatic N) is 1. The molecule has 0 bridgehead atoms. The summed E-state index contributed by atoms with van der Waals surface area (Å²) in [5.41, 5.74) is 3.97. The topological polar surface area (TPSA) is 85.3 Å². The van der Waals surface area contributed by atoms with Crippen LogP contribution in [-0.2, 0) is 24.6 Å². The van der Waals surface area contributed by atoms with Crippen molar-refractivity contribution in [3.63, 3.8) is 0 Å². The van der Waals surface area contributed by atoms with Gasteiger partial charge in [0.1, 0.15) is 24.4 Å². The molecular formula is C31H30BrNO6. The van der Waals surface area contributed by atoms with E-state index in [0.717, 1.165) is 10.0 Å². The summed E-state index contributed by atoms with van der Waals surface area (Å²) in [5, 5.41) is 9.42. The Morgan fingerprint density at radius 1 is 0.949 bits per heavy atom. The highest BCUT2D eigenvalue weighted by Crippen LogP contribution is 2.52. The van der Waals surface area contributed by atoms with Gasteiger partial charge in [0.2, 0.25) is 0 Å². The molecule has 3 aliphatic rings. The van der Waals surface area contributed by atoms with E-state index in [-0.39, 0.29) is 18.6 Å². The number of hydrogen-bond acceptors (Lipinski definition) is 5. The maximum Gasteiger partial charge on any atom is 0.409 e. The first-order valence-corrected chi connectivity index (χ1v) is 14.1. The fourth-order valence-corrected chi connectivity index (χ4v) is 7.04. The van der Waals surface area contributed by atoms with Gasteiger partial charge in [0.25, 0.3) is 0 Å². The van der Waals surface area contributed by atoms with Gasteiger partial charge in [-0.1, -0.05) is 76.6 Å². The third-order valence-electron chi connectivity index (χ3n) is 8.47. The number of rotatable bonds is 6. The van der Waals surface area contributed by atoms with E-state index in [1.165, 1.54) is 22.3 Å². The number of hydrogen-bond donors (Lipinski definition) is 1. The predicted molar refractivity (Wildman–Crippen MR) is 149 cm³/mol. The van der Waals surface area contributed by atoms with E-state index >= 15 is 0 Å². The predicted octanol–water partition coefficient (Wildman–Crippen LogP) is 5.95. The number of carbonyl (C=O) groups excluding carboxylic acids is 1. The Morgan fingerprint density at radius 3 is 2.26 bits per heavy atom. The van der Waals surface area contributed by atoms with Gasteiger partial charge in [-0.3, -0.25) is 0 Å². The molecule has 202 valence electrons. The van der Waals surface area contributed by atoms with Crippen molar-refractivity contribution < 1.29 is 28.9 Å². The Balaban J connectivity index is 1.17. The van der Waals surface area contributed by atoms with Crippen LogP contribution in [0.4, 0.5) is 4.79 Å². The molecular weight excluding hydrogens is 562 g/mol. The molecule has 7 nitrogen and oxygen atoms in total. The Morgan fingerprint density at radius 2 is 1.62 bits per heavy atom. The number of benzene rings is 3. The van der Waals surface area contributed by atoms with E-state index in [1.54, 1.807) is 4.90 Å². The minimum atomic E-state index is -1.03. The minimum absolute atomic E-state index is 0.00393. The van der Waals surface area contributed by atoms with Crippen LogP contribution in [0.25, 0.3) is 11.1 Å². The van der Waals surface area contributed by atoms with Crippen LogP contribution in [0, 0.1) is 0 Å². The highest BCUT2D eigenvalue weighted by atomic mass is 79.9. The molecule has 3 aromatic carbocycles. The van der Waals surface area contributed by atoms with Gasteiger partial charge >= 0.3 is 12.1 Å². The average molecular weight is 592 g/mol. The van der Waals surface area contributed by atoms with Gasteiger partial charge in [0, 0.05) is 29.9 Å². The van der Waals surface area contributed by atoms with E-state index in [1.807, 2.05) is 48.5 Å². The van der Waals surface area contributed by atoms with Crippen LogP contribution in [0.1, 0.15) is 41.9 Å². The molecule has 0 saturated carbocycles. The molecule has 1 aliphatic carbocycles. The summed E-state index contributed by atoms with van der Waals surface area (Å²) in [6.45, 7) is 1.17. The normalized spacial score (nSPS) is 21.5. The van der Waals surface area contributed by atoms with Crippen LogP contribution >= 0.6 is 15.9 Å². The summed E-state index contributed by atoms with van der Waals surface area (Å²) in [6, 6.07) is 24.3. The fourth-order valence-electron chi connectivity index (χ4n) is 6.64. The molecule has 1 amide bonds. The molecule has 3 aromatic rings. The van der Waals surface area contributed by atoms with Crippen molar-refractivity contribution >= 4 is 28.0 Å². The zero-order valence-corrected chi connectivity index (χ0v) is 23.1. The summed E-state index contributed by atoms with van der Waals surface area (Å²) in [7, 11) is 0. The molecule has 8 heteroatoms. The monoisotopic (exact) mass is 591 g/mol. The molecule has 1 atom stereocenters. The first-order valence-electron chi connectivity index (χ1n) is 13.3. The van der Waals surface area contributed by atoms with Gasteiger partial charge in [-0.15, -0.1) is 0 Å². The molecule has 1 unspecified atom stereocenters. The van der Waals surface area contributed by atoms with Crippen molar-refractivity contribution in [2.75, 3.05) is 32.9 Å². The van der Waals surface area contributed by atoms with Gasteiger partial charge in [-0.25, -0.2) is 9.59 Å². The largest absolute Gasteiger partial charge is 0.480 e. The van der Waals surface area contributed by atoms with Crippen molar-refractivity contribution in [2.24, 2.45) is 0 Å². The number of aliphatic carboxylic acids is 1. The summed E-state index contributed by atoms with van der Waals surface area (Å²) in [6.07, 6.45) is 1.23. The second kappa shape index (κ2) is 10.4. The summed E-state index contributed by atoms with van der Waals surface area (Å²) >= 11 is 3.54. The highest BCUT2D eigenvalue weighted by Gasteiger charge is 2.60. The molecule has 39 heavy (non-hydrogen) atoms. The first kappa shape index (κ1) is 26.0. The highest BCUT2D eigenvalue weighted by molar-refractivity contribution is 9.10. The lowest BCUT2D eigenvalue weighted by Gasteiger charge is -2.48. The van der Waals surface area contributed by atoms with Crippen molar-refractivity contribution in [1.29, 1.82) is 0 Å². The van der Waals surface area contributed by atoms with Gasteiger partial charge < -0.3 is 24.2 Å². The van der Waals surface area contributed by atoms with Gasteiger partial charge in [-0.2, -0.15) is 0 Å². The summed E-state index contributed by atoms with van der Waals surface area (Å²) in [5.74, 6) is -1.02. The third kappa shape index (κ3) is 4.54. The molecule has 2 aliphatic heterocycles. The van der Waals surface area contributed by atoms with Gasteiger partial charge in [0.05, 0.1) is 6.61 Å². The van der Waals surface area contributed by atoms with Crippen molar-refractivity contribution in [3.05, 3.63) is 94.0 Å². The number of carbonyl (C=O) groups is 2. The number of amides is 1. The number of carboxylic acids is 1. The Kier molecular flexibility index (Phi) is 6.95. The van der Waals surface area contributed by atoms with E-state index < -0.39 is 23.8 Å². The van der Waals surface area contributed by atoms with Crippen molar-refractivity contribution in [2.45, 2.75) is 36.4 Å². The fraction of sp³-hybridized carbons (Fsp3) is 0.355. The van der Waals surface area contributed by atoms with E-state index in [2.05, 4.69) is 40.2 Å². The van der Waals surface area contributed by atoms with Crippen LogP contribution in [0.15, 0.2) is 77.3 Å². The van der Waals surface area contributed by atoms with Gasteiger partial charge in [-0.05, 0) is 52.8 Å². The number of carboxylic acid groups (broad SMARTS) is 1. The Labute approximate surface area is 235 Å². The molecule has 0 aromatic heterocycles. The standard InChI is InChI=1S/C31H30BrNO6/c32-22-7-5-6-21(18-22)31(39-20-28(34)35)14-17-38-30(31)12-15-33(16-13-30)29(36)37-19-27-25-10-3-1-8-23(25)24-9-2-4-11-26(24)27/h1-11,18,27H,12-17,19-20H2,(H,34,35). The lowest BCUT2D eigenvalue weighted by atomic mass is 9.72. The minimum Gasteiger partial charge on any atom is -0.480 e. The molecule has 1 spiro atoms. The van der Waals surface area contributed by atoms with Crippen LogP contribution in [0.2, 0.25) is 0 Å². The van der Waals surface area contributed by atoms with Crippen LogP contribution < -0.4 is 0 Å². The van der Waals surface area contributed by atoms with Crippen LogP contribution in [0.3, 0.4) is 0 Å². The second-order valence-corrected chi connectivity index (χ2v) is 11.3. The smallest absolute Gasteiger partial charge is 0.409 e. The first-order chi connectivity index (χ1) is 18.9. The maximum absolute atomic E-state index is 13.2. The molecule has 2 heterocycles. The lowest BCUT2D eigenvalue weighted by Crippen LogP contribution is -2.57. The van der Waals surface area contributed by atoms with E-state index in [0.29, 0.717) is 39.0 Å². The molecule has 6 rings (SSSR count). The maximum atomic E-state index is 13.2. The lowest BCUT2D eigenvalue weighted by molar-refractivity contribution is -0.188. The van der Waals surface area contributed by atoms with Gasteiger partial charge in [0.15, 0.2) is 0 Å². The van der Waals surface area contributed by atoms with Crippen LogP contribution in [-0.4, -0.2) is 60.6 Å². The van der Waals surface area contributed by atoms with Crippen LogP contribution in [0.5, 0.6) is 0 Å². The zero-order valence-electron chi connectivity index (χ0n) is 21.5. The quantitative estimate of drug-likeness (QED) is 0.381. The SMILES string of the molecule is O=C(O)COC1(c2cccc(Br)c2)CCOC12CCN(C(=O)OCC1c3ccccc3-c3ccccc31)CC2. The molecule has 0 radical (unpaired) electrons. The van der Waals surface area contributed by atoms with E-state index in [9.17, 15) is 14.7 Å². The third-order valence-corrected chi connectivity index (χ3v) is 8.96. The number of ether oxygens (including phenoxy) is 3. The average Bonchev–Trinajstić information content (AvgIpc) is 3.47. The Bertz CT molecular complexity index is 1360. The molecule has 1 N–H and O–H groups in total. The number of likely N-dealkylation sites (tertiary alicyclic amines) is 1. The van der Waals surface area contributed by atoms with Crippen molar-refractivity contribution in [1.82, 2.24) is 4.90 Å². The molecule has 2 fully saturated rings. The number of halogens is 1. The summed E-state index contributed by atoms with van der Waals surface area (Å²) < 4.78 is 19.3. The van der Waals surface area contributed by atoms with Crippen molar-refractivity contribution in [3.8, 4) is 11.1 Å². The molecule has 2 saturated heterocycles. The second-order valence-electron chi connectivity index (χ2n) is 10.4. The summed E-state index contributed by atoms with van der Waals surface area (Å²) in [4.78, 5) is 26.4.